The number of hydrogen-bond acceptors (Lipinski definition) is 25. The summed E-state index contributed by atoms with van der Waals surface area (Å²) < 4.78 is 50.9. The van der Waals surface area contributed by atoms with Crippen LogP contribution in [0.1, 0.15) is 20.8 Å². The first kappa shape index (κ1) is 50.0. The Hall–Kier alpha value is -1.98. The van der Waals surface area contributed by atoms with Gasteiger partial charge in [0.2, 0.25) is 11.8 Å². The first-order valence-electron chi connectivity index (χ1n) is 19.5. The van der Waals surface area contributed by atoms with Crippen LogP contribution < -0.4 is 10.6 Å². The van der Waals surface area contributed by atoms with Crippen molar-refractivity contribution in [1.29, 1.82) is 0 Å². The molecular weight excluding hydrogens is 836 g/mol. The van der Waals surface area contributed by atoms with Gasteiger partial charge in [-0.15, -0.1) is 0 Å². The molecule has 16 N–H and O–H groups in total. The van der Waals surface area contributed by atoms with E-state index in [2.05, 4.69) is 10.6 Å². The fraction of sp³-hybridized carbons (Fsp3) is 0.941. The van der Waals surface area contributed by atoms with Gasteiger partial charge in [-0.3, -0.25) is 9.59 Å². The Labute approximate surface area is 346 Å². The average molecular weight is 895 g/mol. The lowest BCUT2D eigenvalue weighted by Crippen LogP contribution is -2.70. The minimum absolute atomic E-state index is 0.701. The highest BCUT2D eigenvalue weighted by molar-refractivity contribution is 5.73. The molecule has 61 heavy (non-hydrogen) atoms. The fourth-order valence-electron chi connectivity index (χ4n) is 7.77. The average Bonchev–Trinajstić information content (AvgIpc) is 3.21. The zero-order chi connectivity index (χ0) is 45.2. The molecule has 27 nitrogen and oxygen atoms in total. The molecule has 25 atom stereocenters. The second-order valence-electron chi connectivity index (χ2n) is 15.4. The van der Waals surface area contributed by atoms with E-state index in [4.69, 9.17) is 42.6 Å². The standard InChI is InChI=1S/C34H58N2O25/c1-8-17(43)21(47)23(49)32(53-8)60-28-16(36-10(3)42)31(55-12(5-38)19(28)45)61-29-20(46)13(6-39)56-34(25(29)51)58-26-14(7-40)57-33(24(50)22(26)48)59-27-15(35-9(2)41)30(52)54-11(4-37)18(27)44/h8,11-34,37-40,43-52H,4-7H2,1-3H3,(H,35,41)(H,36,42)/t8-,11-,12-,13-,14-,15-,16-,17-,18+,19+,20+,21-,22-,23+,24-,25-,26+,27-,28-,29+,30?,31+,32+,33+,34+/m1/s1. The number of amides is 2. The van der Waals surface area contributed by atoms with E-state index in [1.165, 1.54) is 6.92 Å². The number of ether oxygens (including phenoxy) is 9. The third-order valence-corrected chi connectivity index (χ3v) is 11.1. The van der Waals surface area contributed by atoms with E-state index in [1.54, 1.807) is 0 Å². The smallest absolute Gasteiger partial charge is 0.217 e. The molecule has 5 fully saturated rings. The maximum absolute atomic E-state index is 12.5. The summed E-state index contributed by atoms with van der Waals surface area (Å²) in [6.07, 6.45) is -40.9. The summed E-state index contributed by atoms with van der Waals surface area (Å²) in [6, 6.07) is -3.12. The Morgan fingerprint density at radius 2 is 0.820 bits per heavy atom. The predicted molar refractivity (Wildman–Crippen MR) is 188 cm³/mol. The van der Waals surface area contributed by atoms with Gasteiger partial charge >= 0.3 is 0 Å². The molecule has 0 radical (unpaired) electrons. The molecule has 0 aromatic heterocycles. The maximum atomic E-state index is 12.5. The molecule has 1 unspecified atom stereocenters. The topological polar surface area (TPSA) is 424 Å². The molecular formula is C34H58N2O25. The van der Waals surface area contributed by atoms with Crippen LogP contribution >= 0.6 is 0 Å². The summed E-state index contributed by atoms with van der Waals surface area (Å²) in [5, 5.41) is 154. The van der Waals surface area contributed by atoms with E-state index >= 15 is 0 Å². The number of hydrogen-bond donors (Lipinski definition) is 16. The van der Waals surface area contributed by atoms with Crippen molar-refractivity contribution in [3.05, 3.63) is 0 Å². The van der Waals surface area contributed by atoms with Crippen molar-refractivity contribution >= 4 is 11.8 Å². The summed E-state index contributed by atoms with van der Waals surface area (Å²) in [4.78, 5) is 24.3. The van der Waals surface area contributed by atoms with E-state index in [9.17, 15) is 81.1 Å². The first-order chi connectivity index (χ1) is 28.8. The number of nitrogens with one attached hydrogen (secondary N) is 2. The number of aliphatic hydroxyl groups is 14. The van der Waals surface area contributed by atoms with Gasteiger partial charge in [-0.1, -0.05) is 0 Å². The van der Waals surface area contributed by atoms with Crippen LogP contribution in [0.25, 0.3) is 0 Å². The molecule has 5 rings (SSSR count). The van der Waals surface area contributed by atoms with E-state index in [-0.39, 0.29) is 0 Å². The van der Waals surface area contributed by atoms with Crippen LogP contribution in [0, 0.1) is 0 Å². The summed E-state index contributed by atoms with van der Waals surface area (Å²) in [5.41, 5.74) is 0. The van der Waals surface area contributed by atoms with E-state index < -0.39 is 192 Å². The van der Waals surface area contributed by atoms with Gasteiger partial charge in [0, 0.05) is 13.8 Å². The van der Waals surface area contributed by atoms with Gasteiger partial charge in [0.05, 0.1) is 32.5 Å². The highest BCUT2D eigenvalue weighted by atomic mass is 16.8. The third kappa shape index (κ3) is 10.8. The Bertz CT molecular complexity index is 1420. The molecule has 5 heterocycles. The van der Waals surface area contributed by atoms with Crippen molar-refractivity contribution in [1.82, 2.24) is 10.6 Å². The summed E-state index contributed by atoms with van der Waals surface area (Å²) in [6.45, 7) is -0.187. The van der Waals surface area contributed by atoms with E-state index in [1.807, 2.05) is 0 Å². The zero-order valence-corrected chi connectivity index (χ0v) is 33.0. The highest BCUT2D eigenvalue weighted by Gasteiger charge is 2.57. The normalized spacial score (nSPS) is 49.6. The van der Waals surface area contributed by atoms with E-state index in [0.717, 1.165) is 13.8 Å². The molecule has 27 heteroatoms. The van der Waals surface area contributed by atoms with Crippen LogP contribution in [-0.2, 0) is 52.2 Å². The van der Waals surface area contributed by atoms with Crippen molar-refractivity contribution in [2.45, 2.75) is 174 Å². The molecule has 0 spiro atoms. The minimum atomic E-state index is -2.13. The second kappa shape index (κ2) is 21.3. The maximum Gasteiger partial charge on any atom is 0.217 e. The van der Waals surface area contributed by atoms with Crippen LogP contribution in [0.15, 0.2) is 0 Å². The quantitative estimate of drug-likeness (QED) is 0.0770. The fourth-order valence-corrected chi connectivity index (χ4v) is 7.77. The van der Waals surface area contributed by atoms with Gasteiger partial charge in [0.15, 0.2) is 31.5 Å². The Kier molecular flexibility index (Phi) is 17.5. The van der Waals surface area contributed by atoms with Gasteiger partial charge in [-0.25, -0.2) is 0 Å². The van der Waals surface area contributed by atoms with Crippen LogP contribution in [0.3, 0.4) is 0 Å². The molecule has 2 amide bonds. The lowest BCUT2D eigenvalue weighted by atomic mass is 9.94. The van der Waals surface area contributed by atoms with Crippen molar-refractivity contribution in [3.63, 3.8) is 0 Å². The van der Waals surface area contributed by atoms with Gasteiger partial charge in [-0.2, -0.15) is 0 Å². The SMILES string of the molecule is CC(=O)N[C@H]1[C@H](O[C@H]2[C@@H](O)[C@@H](CO)O[C@@H](O[C@@H]3[C@H](O)[C@@H](O)[C@H](O[C@H]4[C@@H](O)[C@@H](CO)OC(O)[C@@H]4NC(C)=O)O[C@@H]3CO)[C@@H]2O)O[C@H](CO)[C@H](O)[C@@H]1O[C@@H]1O[C@H](C)[C@@H](O)[C@@H](O)[C@@H]1O. The minimum Gasteiger partial charge on any atom is -0.394 e. The lowest BCUT2D eigenvalue weighted by Gasteiger charge is -2.50. The Balaban J connectivity index is 1.36. The molecule has 0 aromatic rings. The van der Waals surface area contributed by atoms with Gasteiger partial charge in [0.25, 0.3) is 0 Å². The van der Waals surface area contributed by atoms with Crippen LogP contribution in [0.2, 0.25) is 0 Å². The second-order valence-corrected chi connectivity index (χ2v) is 15.4. The van der Waals surface area contributed by atoms with Crippen LogP contribution in [0.4, 0.5) is 0 Å². The van der Waals surface area contributed by atoms with Crippen molar-refractivity contribution in [3.8, 4) is 0 Å². The molecule has 5 saturated heterocycles. The molecule has 0 aromatic carbocycles. The molecule has 0 saturated carbocycles. The van der Waals surface area contributed by atoms with Crippen LogP contribution in [0.5, 0.6) is 0 Å². The van der Waals surface area contributed by atoms with Crippen molar-refractivity contribution < 1.29 is 124 Å². The summed E-state index contributed by atoms with van der Waals surface area (Å²) >= 11 is 0. The van der Waals surface area contributed by atoms with Gasteiger partial charge in [0.1, 0.15) is 116 Å². The molecule has 5 aliphatic rings. The summed E-state index contributed by atoms with van der Waals surface area (Å²) in [7, 11) is 0. The van der Waals surface area contributed by atoms with Crippen molar-refractivity contribution in [2.24, 2.45) is 0 Å². The third-order valence-electron chi connectivity index (χ3n) is 11.1. The zero-order valence-electron chi connectivity index (χ0n) is 33.0. The van der Waals surface area contributed by atoms with Crippen LogP contribution in [-0.4, -0.2) is 263 Å². The number of carbonyl (C=O) groups is 2. The first-order valence-corrected chi connectivity index (χ1v) is 19.5. The number of carbonyl (C=O) groups excluding carboxylic acids is 2. The van der Waals surface area contributed by atoms with Crippen molar-refractivity contribution in [2.75, 3.05) is 26.4 Å². The predicted octanol–water partition coefficient (Wildman–Crippen LogP) is -10.6. The highest BCUT2D eigenvalue weighted by Crippen LogP contribution is 2.35. The molecule has 5 aliphatic heterocycles. The molecule has 0 bridgehead atoms. The van der Waals surface area contributed by atoms with Gasteiger partial charge in [-0.05, 0) is 6.92 Å². The monoisotopic (exact) mass is 894 g/mol. The number of aliphatic hydroxyl groups excluding tert-OH is 14. The van der Waals surface area contributed by atoms with E-state index in [0.29, 0.717) is 0 Å². The lowest BCUT2D eigenvalue weighted by molar-refractivity contribution is -0.385. The number of rotatable bonds is 14. The van der Waals surface area contributed by atoms with Gasteiger partial charge < -0.3 is 125 Å². The molecule has 354 valence electrons. The molecule has 0 aliphatic carbocycles. The largest absolute Gasteiger partial charge is 0.394 e. The Morgan fingerprint density at radius 1 is 0.426 bits per heavy atom. The Morgan fingerprint density at radius 3 is 1.36 bits per heavy atom. The summed E-state index contributed by atoms with van der Waals surface area (Å²) in [5.74, 6) is -1.47.